The molecule has 1 aromatic carbocycles. The van der Waals surface area contributed by atoms with Gasteiger partial charge in [-0.1, -0.05) is 25.0 Å². The van der Waals surface area contributed by atoms with Crippen molar-refractivity contribution in [3.05, 3.63) is 46.4 Å². The van der Waals surface area contributed by atoms with Crippen LogP contribution in [0.3, 0.4) is 0 Å². The maximum Gasteiger partial charge on any atom is 0.270 e. The second-order valence-electron chi connectivity index (χ2n) is 5.61. The molecule has 1 aromatic heterocycles. The Kier molecular flexibility index (Phi) is 4.00. The number of aryl methyl sites for hydroxylation is 1. The zero-order valence-corrected chi connectivity index (χ0v) is 12.5. The van der Waals surface area contributed by atoms with Crippen molar-refractivity contribution in [2.75, 3.05) is 5.32 Å². The van der Waals surface area contributed by atoms with E-state index in [9.17, 15) is 10.1 Å². The van der Waals surface area contributed by atoms with Crippen LogP contribution < -0.4 is 5.32 Å². The van der Waals surface area contributed by atoms with Crippen LogP contribution in [0.1, 0.15) is 31.5 Å². The number of aromatic nitrogens is 2. The molecule has 1 N–H and O–H groups in total. The molecule has 1 saturated carbocycles. The molecule has 0 radical (unpaired) electrons. The number of nitrogens with zero attached hydrogens (tertiary/aromatic N) is 3. The molecule has 6 nitrogen and oxygen atoms in total. The summed E-state index contributed by atoms with van der Waals surface area (Å²) in [6.45, 7) is 1.84. The third-order valence-corrected chi connectivity index (χ3v) is 3.97. The van der Waals surface area contributed by atoms with Crippen LogP contribution in [0.2, 0.25) is 0 Å². The van der Waals surface area contributed by atoms with Gasteiger partial charge in [0.15, 0.2) is 0 Å². The number of nitro benzene ring substituents is 1. The van der Waals surface area contributed by atoms with Gasteiger partial charge in [0.2, 0.25) is 0 Å². The summed E-state index contributed by atoms with van der Waals surface area (Å²) in [4.78, 5) is 19.3. The molecule has 0 atom stereocenters. The number of hydrogen-bond donors (Lipinski definition) is 1. The third kappa shape index (κ3) is 3.05. The first-order valence-corrected chi connectivity index (χ1v) is 7.48. The fourth-order valence-electron chi connectivity index (χ4n) is 2.84. The molecule has 1 fully saturated rings. The van der Waals surface area contributed by atoms with Crippen LogP contribution in [0.25, 0.3) is 11.1 Å². The highest BCUT2D eigenvalue weighted by molar-refractivity contribution is 5.76. The lowest BCUT2D eigenvalue weighted by Gasteiger charge is -2.16. The molecule has 0 aliphatic heterocycles. The molecule has 1 aliphatic rings. The summed E-state index contributed by atoms with van der Waals surface area (Å²) in [5.74, 6) is 1.45. The first-order chi connectivity index (χ1) is 10.6. The monoisotopic (exact) mass is 298 g/mol. The van der Waals surface area contributed by atoms with Crippen molar-refractivity contribution >= 4 is 11.5 Å². The van der Waals surface area contributed by atoms with E-state index in [2.05, 4.69) is 15.3 Å². The number of nitro groups is 1. The molecule has 0 spiro atoms. The summed E-state index contributed by atoms with van der Waals surface area (Å²) in [7, 11) is 0. The SMILES string of the molecule is Cc1ncc(-c2cccc([N+](=O)[O-])c2)c(NC2CCCC2)n1. The van der Waals surface area contributed by atoms with E-state index in [0.717, 1.165) is 29.8 Å². The van der Waals surface area contributed by atoms with E-state index in [1.54, 1.807) is 18.3 Å². The molecule has 22 heavy (non-hydrogen) atoms. The van der Waals surface area contributed by atoms with E-state index in [1.807, 2.05) is 13.0 Å². The van der Waals surface area contributed by atoms with Crippen LogP contribution >= 0.6 is 0 Å². The van der Waals surface area contributed by atoms with Crippen LogP contribution in [0.4, 0.5) is 11.5 Å². The summed E-state index contributed by atoms with van der Waals surface area (Å²) in [5.41, 5.74) is 1.64. The molecule has 1 heterocycles. The Morgan fingerprint density at radius 2 is 2.09 bits per heavy atom. The van der Waals surface area contributed by atoms with Gasteiger partial charge in [0.25, 0.3) is 5.69 Å². The third-order valence-electron chi connectivity index (χ3n) is 3.97. The van der Waals surface area contributed by atoms with Crippen LogP contribution in [-0.4, -0.2) is 20.9 Å². The highest BCUT2D eigenvalue weighted by atomic mass is 16.6. The van der Waals surface area contributed by atoms with Gasteiger partial charge in [-0.25, -0.2) is 9.97 Å². The Morgan fingerprint density at radius 3 is 2.82 bits per heavy atom. The number of anilines is 1. The average molecular weight is 298 g/mol. The highest BCUT2D eigenvalue weighted by Gasteiger charge is 2.18. The lowest BCUT2D eigenvalue weighted by molar-refractivity contribution is -0.384. The van der Waals surface area contributed by atoms with E-state index in [4.69, 9.17) is 0 Å². The summed E-state index contributed by atoms with van der Waals surface area (Å²) >= 11 is 0. The predicted molar refractivity (Wildman–Crippen MR) is 84.7 cm³/mol. The van der Waals surface area contributed by atoms with Crippen molar-refractivity contribution in [1.29, 1.82) is 0 Å². The zero-order chi connectivity index (χ0) is 15.5. The van der Waals surface area contributed by atoms with E-state index in [0.29, 0.717) is 11.9 Å². The number of hydrogen-bond acceptors (Lipinski definition) is 5. The molecule has 1 aliphatic carbocycles. The fraction of sp³-hybridized carbons (Fsp3) is 0.375. The highest BCUT2D eigenvalue weighted by Crippen LogP contribution is 2.31. The Bertz CT molecular complexity index is 696. The number of rotatable bonds is 4. The predicted octanol–water partition coefficient (Wildman–Crippen LogP) is 3.71. The maximum atomic E-state index is 11.0. The van der Waals surface area contributed by atoms with Gasteiger partial charge in [0.1, 0.15) is 11.6 Å². The topological polar surface area (TPSA) is 81.0 Å². The lowest BCUT2D eigenvalue weighted by Crippen LogP contribution is -2.16. The molecule has 0 saturated heterocycles. The van der Waals surface area contributed by atoms with Crippen molar-refractivity contribution in [1.82, 2.24) is 9.97 Å². The van der Waals surface area contributed by atoms with Gasteiger partial charge in [-0.05, 0) is 25.3 Å². The van der Waals surface area contributed by atoms with Gasteiger partial charge >= 0.3 is 0 Å². The normalized spacial score (nSPS) is 15.0. The minimum atomic E-state index is -0.386. The summed E-state index contributed by atoms with van der Waals surface area (Å²) in [6, 6.07) is 7.01. The van der Waals surface area contributed by atoms with Crippen molar-refractivity contribution in [2.24, 2.45) is 0 Å². The number of nitrogens with one attached hydrogen (secondary N) is 1. The van der Waals surface area contributed by atoms with Gasteiger partial charge in [0.05, 0.1) is 4.92 Å². The molecule has 3 rings (SSSR count). The molecule has 0 unspecified atom stereocenters. The van der Waals surface area contributed by atoms with E-state index in [1.165, 1.54) is 18.9 Å². The van der Waals surface area contributed by atoms with Gasteiger partial charge < -0.3 is 5.32 Å². The average Bonchev–Trinajstić information content (AvgIpc) is 3.00. The first-order valence-electron chi connectivity index (χ1n) is 7.48. The van der Waals surface area contributed by atoms with Crippen molar-refractivity contribution in [2.45, 2.75) is 38.6 Å². The molecule has 0 amide bonds. The van der Waals surface area contributed by atoms with Crippen molar-refractivity contribution < 1.29 is 4.92 Å². The van der Waals surface area contributed by atoms with Crippen LogP contribution in [0.15, 0.2) is 30.5 Å². The van der Waals surface area contributed by atoms with Gasteiger partial charge in [-0.15, -0.1) is 0 Å². The van der Waals surface area contributed by atoms with Gasteiger partial charge in [-0.2, -0.15) is 0 Å². The second-order valence-corrected chi connectivity index (χ2v) is 5.61. The minimum Gasteiger partial charge on any atom is -0.367 e. The van der Waals surface area contributed by atoms with E-state index in [-0.39, 0.29) is 10.6 Å². The fourth-order valence-corrected chi connectivity index (χ4v) is 2.84. The Labute approximate surface area is 128 Å². The van der Waals surface area contributed by atoms with Crippen molar-refractivity contribution in [3.8, 4) is 11.1 Å². The van der Waals surface area contributed by atoms with Crippen LogP contribution in [0.5, 0.6) is 0 Å². The smallest absolute Gasteiger partial charge is 0.270 e. The van der Waals surface area contributed by atoms with Gasteiger partial charge in [-0.3, -0.25) is 10.1 Å². The zero-order valence-electron chi connectivity index (χ0n) is 12.5. The molecule has 114 valence electrons. The Morgan fingerprint density at radius 1 is 1.32 bits per heavy atom. The van der Waals surface area contributed by atoms with Crippen LogP contribution in [0, 0.1) is 17.0 Å². The summed E-state index contributed by atoms with van der Waals surface area (Å²) in [5, 5.41) is 14.4. The van der Waals surface area contributed by atoms with Crippen LogP contribution in [-0.2, 0) is 0 Å². The molecule has 2 aromatic rings. The van der Waals surface area contributed by atoms with Crippen molar-refractivity contribution in [3.63, 3.8) is 0 Å². The summed E-state index contributed by atoms with van der Waals surface area (Å²) in [6.07, 6.45) is 6.47. The first kappa shape index (κ1) is 14.4. The molecule has 0 bridgehead atoms. The van der Waals surface area contributed by atoms with E-state index >= 15 is 0 Å². The standard InChI is InChI=1S/C16H18N4O2/c1-11-17-10-15(12-5-4-8-14(9-12)20(21)22)16(18-11)19-13-6-2-3-7-13/h4-5,8-10,13H,2-3,6-7H2,1H3,(H,17,18,19). The number of benzene rings is 1. The molecular formula is C16H18N4O2. The molecular weight excluding hydrogens is 280 g/mol. The second kappa shape index (κ2) is 6.09. The molecule has 6 heteroatoms. The van der Waals surface area contributed by atoms with E-state index < -0.39 is 0 Å². The Balaban J connectivity index is 1.98. The minimum absolute atomic E-state index is 0.0740. The maximum absolute atomic E-state index is 11.0. The lowest BCUT2D eigenvalue weighted by atomic mass is 10.1. The quantitative estimate of drug-likeness (QED) is 0.687. The largest absolute Gasteiger partial charge is 0.367 e. The summed E-state index contributed by atoms with van der Waals surface area (Å²) < 4.78 is 0. The Hall–Kier alpha value is -2.50. The van der Waals surface area contributed by atoms with Gasteiger partial charge in [0, 0.05) is 29.9 Å². The number of non-ortho nitro benzene ring substituents is 1.